The van der Waals surface area contributed by atoms with E-state index in [4.69, 9.17) is 0 Å². The third-order valence-corrected chi connectivity index (χ3v) is 3.43. The highest BCUT2D eigenvalue weighted by Gasteiger charge is 2.31. The lowest BCUT2D eigenvalue weighted by atomic mass is 10.1. The molecule has 1 saturated heterocycles. The molecule has 1 N–H and O–H groups in total. The van der Waals surface area contributed by atoms with Crippen molar-refractivity contribution < 1.29 is 4.79 Å². The van der Waals surface area contributed by atoms with Crippen molar-refractivity contribution in [3.63, 3.8) is 0 Å². The van der Waals surface area contributed by atoms with Crippen LogP contribution in [0.5, 0.6) is 0 Å². The maximum atomic E-state index is 12.4. The number of carbonyl (C=O) groups is 1. The van der Waals surface area contributed by atoms with Crippen molar-refractivity contribution in [3.8, 4) is 0 Å². The molecule has 2 rings (SSSR count). The van der Waals surface area contributed by atoms with E-state index in [0.29, 0.717) is 6.04 Å². The highest BCUT2D eigenvalue weighted by Crippen LogP contribution is 2.22. The van der Waals surface area contributed by atoms with Crippen LogP contribution in [0.4, 0.5) is 0 Å². The third kappa shape index (κ3) is 2.34. The standard InChI is InChI=1S/C12H20N4O/c1-9-5-4-6-16(9)12(17)11(13-2)10-7-14-15(3)8-10/h7-9,11,13H,4-6H2,1-3H3. The van der Waals surface area contributed by atoms with E-state index in [1.165, 1.54) is 0 Å². The number of aromatic nitrogens is 2. The van der Waals surface area contributed by atoms with E-state index in [-0.39, 0.29) is 11.9 Å². The van der Waals surface area contributed by atoms with Crippen LogP contribution >= 0.6 is 0 Å². The quantitative estimate of drug-likeness (QED) is 0.840. The monoisotopic (exact) mass is 236 g/mol. The summed E-state index contributed by atoms with van der Waals surface area (Å²) in [5.41, 5.74) is 0.930. The van der Waals surface area contributed by atoms with Crippen molar-refractivity contribution >= 4 is 5.91 Å². The van der Waals surface area contributed by atoms with Crippen LogP contribution in [-0.2, 0) is 11.8 Å². The fourth-order valence-electron chi connectivity index (χ4n) is 2.45. The van der Waals surface area contributed by atoms with Crippen LogP contribution in [0, 0.1) is 0 Å². The molecule has 1 aromatic heterocycles. The number of carbonyl (C=O) groups excluding carboxylic acids is 1. The molecule has 1 fully saturated rings. The lowest BCUT2D eigenvalue weighted by Gasteiger charge is -2.26. The van der Waals surface area contributed by atoms with Gasteiger partial charge in [0.05, 0.1) is 6.20 Å². The summed E-state index contributed by atoms with van der Waals surface area (Å²) in [4.78, 5) is 14.4. The normalized spacial score (nSPS) is 21.8. The Bertz CT molecular complexity index is 401. The molecular formula is C12H20N4O. The second-order valence-corrected chi connectivity index (χ2v) is 4.69. The van der Waals surface area contributed by atoms with Crippen LogP contribution in [-0.4, -0.2) is 40.2 Å². The number of nitrogens with zero attached hydrogens (tertiary/aromatic N) is 3. The Kier molecular flexibility index (Phi) is 3.47. The lowest BCUT2D eigenvalue weighted by Crippen LogP contribution is -2.41. The van der Waals surface area contributed by atoms with Crippen LogP contribution in [0.2, 0.25) is 0 Å². The predicted octanol–water partition coefficient (Wildman–Crippen LogP) is 0.691. The zero-order chi connectivity index (χ0) is 12.4. The van der Waals surface area contributed by atoms with Gasteiger partial charge in [-0.3, -0.25) is 9.48 Å². The first-order valence-corrected chi connectivity index (χ1v) is 6.09. The molecule has 0 aliphatic carbocycles. The summed E-state index contributed by atoms with van der Waals surface area (Å²) >= 11 is 0. The van der Waals surface area contributed by atoms with Gasteiger partial charge in [0.2, 0.25) is 5.91 Å². The van der Waals surface area contributed by atoms with Crippen molar-refractivity contribution in [2.75, 3.05) is 13.6 Å². The molecule has 5 nitrogen and oxygen atoms in total. The zero-order valence-electron chi connectivity index (χ0n) is 10.7. The summed E-state index contributed by atoms with van der Waals surface area (Å²) in [5, 5.41) is 7.20. The molecule has 5 heteroatoms. The van der Waals surface area contributed by atoms with Gasteiger partial charge in [-0.25, -0.2) is 0 Å². The fourth-order valence-corrected chi connectivity index (χ4v) is 2.45. The van der Waals surface area contributed by atoms with Gasteiger partial charge in [-0.15, -0.1) is 0 Å². The molecule has 1 amide bonds. The van der Waals surface area contributed by atoms with E-state index in [2.05, 4.69) is 17.3 Å². The van der Waals surface area contributed by atoms with Crippen molar-refractivity contribution in [2.45, 2.75) is 31.8 Å². The van der Waals surface area contributed by atoms with Gasteiger partial charge in [0.15, 0.2) is 0 Å². The average Bonchev–Trinajstić information content (AvgIpc) is 2.88. The highest BCUT2D eigenvalue weighted by molar-refractivity contribution is 5.83. The lowest BCUT2D eigenvalue weighted by molar-refractivity contribution is -0.134. The van der Waals surface area contributed by atoms with Crippen LogP contribution in [0.15, 0.2) is 12.4 Å². The number of amides is 1. The van der Waals surface area contributed by atoms with E-state index >= 15 is 0 Å². The topological polar surface area (TPSA) is 50.2 Å². The van der Waals surface area contributed by atoms with E-state index in [1.54, 1.807) is 10.9 Å². The summed E-state index contributed by atoms with van der Waals surface area (Å²) in [7, 11) is 3.68. The summed E-state index contributed by atoms with van der Waals surface area (Å²) < 4.78 is 1.72. The minimum absolute atomic E-state index is 0.158. The van der Waals surface area contributed by atoms with E-state index in [0.717, 1.165) is 24.9 Å². The summed E-state index contributed by atoms with van der Waals surface area (Å²) in [6.07, 6.45) is 5.85. The van der Waals surface area contributed by atoms with Crippen LogP contribution < -0.4 is 5.32 Å². The van der Waals surface area contributed by atoms with Crippen LogP contribution in [0.1, 0.15) is 31.4 Å². The van der Waals surface area contributed by atoms with Gasteiger partial charge >= 0.3 is 0 Å². The predicted molar refractivity (Wildman–Crippen MR) is 65.4 cm³/mol. The minimum Gasteiger partial charge on any atom is -0.338 e. The highest BCUT2D eigenvalue weighted by atomic mass is 16.2. The van der Waals surface area contributed by atoms with Gasteiger partial charge in [0, 0.05) is 31.4 Å². The molecule has 1 aromatic rings. The molecular weight excluding hydrogens is 216 g/mol. The molecule has 94 valence electrons. The van der Waals surface area contributed by atoms with Gasteiger partial charge in [-0.05, 0) is 26.8 Å². The Labute approximate surface area is 102 Å². The second-order valence-electron chi connectivity index (χ2n) is 4.69. The molecule has 2 heterocycles. The van der Waals surface area contributed by atoms with Gasteiger partial charge in [0.1, 0.15) is 6.04 Å². The number of hydrogen-bond acceptors (Lipinski definition) is 3. The molecule has 0 spiro atoms. The number of nitrogens with one attached hydrogen (secondary N) is 1. The Morgan fingerprint density at radius 3 is 2.88 bits per heavy atom. The smallest absolute Gasteiger partial charge is 0.244 e. The maximum absolute atomic E-state index is 12.4. The maximum Gasteiger partial charge on any atom is 0.244 e. The SMILES string of the molecule is CNC(C(=O)N1CCCC1C)c1cnn(C)c1. The molecule has 0 saturated carbocycles. The molecule has 0 bridgehead atoms. The minimum atomic E-state index is -0.274. The van der Waals surface area contributed by atoms with Gasteiger partial charge < -0.3 is 10.2 Å². The second kappa shape index (κ2) is 4.87. The van der Waals surface area contributed by atoms with Gasteiger partial charge in [-0.1, -0.05) is 0 Å². The summed E-state index contributed by atoms with van der Waals surface area (Å²) in [5.74, 6) is 0.158. The third-order valence-electron chi connectivity index (χ3n) is 3.43. The molecule has 0 radical (unpaired) electrons. The van der Waals surface area contributed by atoms with E-state index in [1.807, 2.05) is 25.2 Å². The number of rotatable bonds is 3. The van der Waals surface area contributed by atoms with E-state index in [9.17, 15) is 4.79 Å². The first-order valence-electron chi connectivity index (χ1n) is 6.09. The Hall–Kier alpha value is -1.36. The van der Waals surface area contributed by atoms with Crippen molar-refractivity contribution in [2.24, 2.45) is 7.05 Å². The molecule has 1 aliphatic rings. The van der Waals surface area contributed by atoms with Crippen LogP contribution in [0.25, 0.3) is 0 Å². The molecule has 1 aliphatic heterocycles. The molecule has 17 heavy (non-hydrogen) atoms. The Balaban J connectivity index is 2.15. The molecule has 0 aromatic carbocycles. The number of aryl methyl sites for hydroxylation is 1. The van der Waals surface area contributed by atoms with Crippen LogP contribution in [0.3, 0.4) is 0 Å². The van der Waals surface area contributed by atoms with E-state index < -0.39 is 0 Å². The van der Waals surface area contributed by atoms with Gasteiger partial charge in [-0.2, -0.15) is 5.10 Å². The number of hydrogen-bond donors (Lipinski definition) is 1. The fraction of sp³-hybridized carbons (Fsp3) is 0.667. The first-order chi connectivity index (χ1) is 8.13. The Morgan fingerprint density at radius 2 is 2.41 bits per heavy atom. The molecule has 2 atom stereocenters. The number of likely N-dealkylation sites (N-methyl/N-ethyl adjacent to an activating group) is 1. The zero-order valence-corrected chi connectivity index (χ0v) is 10.7. The summed E-state index contributed by atoms with van der Waals surface area (Å²) in [6, 6.07) is 0.0827. The largest absolute Gasteiger partial charge is 0.338 e. The van der Waals surface area contributed by atoms with Crippen molar-refractivity contribution in [1.29, 1.82) is 0 Å². The average molecular weight is 236 g/mol. The molecule has 2 unspecified atom stereocenters. The van der Waals surface area contributed by atoms with Gasteiger partial charge in [0.25, 0.3) is 0 Å². The number of likely N-dealkylation sites (tertiary alicyclic amines) is 1. The Morgan fingerprint density at radius 1 is 1.65 bits per heavy atom. The van der Waals surface area contributed by atoms with Crippen molar-refractivity contribution in [1.82, 2.24) is 20.0 Å². The summed E-state index contributed by atoms with van der Waals surface area (Å²) in [6.45, 7) is 2.99. The van der Waals surface area contributed by atoms with Crippen molar-refractivity contribution in [3.05, 3.63) is 18.0 Å². The first kappa shape index (κ1) is 12.1.